The third kappa shape index (κ3) is 3.08. The average Bonchev–Trinajstić information content (AvgIpc) is 3.23. The first-order valence-corrected chi connectivity index (χ1v) is 13.2. The van der Waals surface area contributed by atoms with Crippen molar-refractivity contribution in [3.63, 3.8) is 0 Å². The summed E-state index contributed by atoms with van der Waals surface area (Å²) in [5.41, 5.74) is 7.22. The standard InChI is InChI=1S/C32H33NS/c1-30(2,3)25-17-20(16-19-10-8-9-11-21(19)25)27-29-23(14-15-33-27)22-12-13-24-26(28(22)34-29)32(6,7)18-31(24,4)5/h8-17H,18H2,1-7H3. The molecule has 1 aliphatic carbocycles. The third-order valence-electron chi connectivity index (χ3n) is 7.79. The van der Waals surface area contributed by atoms with E-state index in [9.17, 15) is 0 Å². The Hall–Kier alpha value is -2.71. The number of hydrogen-bond acceptors (Lipinski definition) is 2. The zero-order valence-corrected chi connectivity index (χ0v) is 22.2. The van der Waals surface area contributed by atoms with Gasteiger partial charge in [-0.2, -0.15) is 0 Å². The highest BCUT2D eigenvalue weighted by molar-refractivity contribution is 7.26. The molecule has 0 amide bonds. The Bertz CT molecular complexity index is 1610. The second-order valence-corrected chi connectivity index (χ2v) is 13.5. The van der Waals surface area contributed by atoms with Gasteiger partial charge in [0.05, 0.1) is 10.4 Å². The minimum absolute atomic E-state index is 0.0557. The molecule has 0 fully saturated rings. The lowest BCUT2D eigenvalue weighted by Crippen LogP contribution is -2.18. The first-order valence-electron chi connectivity index (χ1n) is 12.4. The summed E-state index contributed by atoms with van der Waals surface area (Å²) in [4.78, 5) is 4.97. The maximum atomic E-state index is 4.97. The van der Waals surface area contributed by atoms with Gasteiger partial charge in [0, 0.05) is 27.2 Å². The van der Waals surface area contributed by atoms with Gasteiger partial charge >= 0.3 is 0 Å². The molecule has 0 saturated carbocycles. The molecule has 0 radical (unpaired) electrons. The first kappa shape index (κ1) is 21.8. The number of thiophene rings is 1. The number of rotatable bonds is 1. The minimum Gasteiger partial charge on any atom is -0.255 e. The Balaban J connectivity index is 1.68. The maximum Gasteiger partial charge on any atom is 0.0880 e. The Morgan fingerprint density at radius 1 is 0.794 bits per heavy atom. The molecule has 2 heterocycles. The maximum absolute atomic E-state index is 4.97. The van der Waals surface area contributed by atoms with E-state index < -0.39 is 0 Å². The summed E-state index contributed by atoms with van der Waals surface area (Å²) in [6.45, 7) is 16.5. The zero-order chi connectivity index (χ0) is 24.0. The van der Waals surface area contributed by atoms with E-state index >= 15 is 0 Å². The van der Waals surface area contributed by atoms with Crippen LogP contribution in [0.4, 0.5) is 0 Å². The number of hydrogen-bond donors (Lipinski definition) is 0. The Morgan fingerprint density at radius 3 is 2.29 bits per heavy atom. The van der Waals surface area contributed by atoms with E-state index in [4.69, 9.17) is 4.98 Å². The molecule has 2 aromatic heterocycles. The van der Waals surface area contributed by atoms with Gasteiger partial charge in [-0.15, -0.1) is 11.3 Å². The van der Waals surface area contributed by atoms with Crippen molar-refractivity contribution in [2.45, 2.75) is 71.1 Å². The summed E-state index contributed by atoms with van der Waals surface area (Å²) in [5.74, 6) is 0. The summed E-state index contributed by atoms with van der Waals surface area (Å²) < 4.78 is 2.76. The van der Waals surface area contributed by atoms with E-state index in [1.807, 2.05) is 17.5 Å². The quantitative estimate of drug-likeness (QED) is 0.241. The van der Waals surface area contributed by atoms with Crippen LogP contribution in [0.2, 0.25) is 0 Å². The molecule has 1 aliphatic rings. The molecule has 0 unspecified atom stereocenters. The average molecular weight is 464 g/mol. The predicted molar refractivity (Wildman–Crippen MR) is 149 cm³/mol. The highest BCUT2D eigenvalue weighted by Crippen LogP contribution is 2.54. The Labute approximate surface area is 206 Å². The summed E-state index contributed by atoms with van der Waals surface area (Å²) in [7, 11) is 0. The van der Waals surface area contributed by atoms with Crippen LogP contribution < -0.4 is 0 Å². The Kier molecular flexibility index (Phi) is 4.44. The Morgan fingerprint density at radius 2 is 1.53 bits per heavy atom. The summed E-state index contributed by atoms with van der Waals surface area (Å²) >= 11 is 1.95. The van der Waals surface area contributed by atoms with Gasteiger partial charge in [-0.1, -0.05) is 84.9 Å². The minimum atomic E-state index is 0.0557. The van der Waals surface area contributed by atoms with Crippen molar-refractivity contribution in [2.75, 3.05) is 0 Å². The van der Waals surface area contributed by atoms with Crippen molar-refractivity contribution in [1.29, 1.82) is 0 Å². The first-order chi connectivity index (χ1) is 16.0. The van der Waals surface area contributed by atoms with Crippen LogP contribution in [0.25, 0.3) is 42.2 Å². The molecular weight excluding hydrogens is 430 g/mol. The largest absolute Gasteiger partial charge is 0.255 e. The van der Waals surface area contributed by atoms with Crippen molar-refractivity contribution in [1.82, 2.24) is 4.98 Å². The van der Waals surface area contributed by atoms with Crippen LogP contribution in [0.1, 0.15) is 71.6 Å². The van der Waals surface area contributed by atoms with Gasteiger partial charge in [0.25, 0.3) is 0 Å². The van der Waals surface area contributed by atoms with Crippen LogP contribution in [-0.2, 0) is 16.2 Å². The molecular formula is C32H33NS. The smallest absolute Gasteiger partial charge is 0.0880 e. The van der Waals surface area contributed by atoms with E-state index in [1.54, 1.807) is 5.56 Å². The summed E-state index contributed by atoms with van der Waals surface area (Å²) in [5, 5.41) is 5.33. The SMILES string of the molecule is CC(C)(C)c1cc(-c2nccc3c2sc2c4c(ccc23)C(C)(C)CC4(C)C)cc2ccccc12. The molecule has 0 atom stereocenters. The van der Waals surface area contributed by atoms with Gasteiger partial charge in [0.2, 0.25) is 0 Å². The molecule has 1 nitrogen and oxygen atoms in total. The fourth-order valence-electron chi connectivity index (χ4n) is 6.56. The molecule has 0 aliphatic heterocycles. The molecule has 0 spiro atoms. The van der Waals surface area contributed by atoms with Crippen LogP contribution in [0.15, 0.2) is 60.8 Å². The molecule has 3 aromatic carbocycles. The molecule has 172 valence electrons. The fourth-order valence-corrected chi connectivity index (χ4v) is 8.10. The third-order valence-corrected chi connectivity index (χ3v) is 9.04. The van der Waals surface area contributed by atoms with Crippen LogP contribution in [0.5, 0.6) is 0 Å². The van der Waals surface area contributed by atoms with Gasteiger partial charge in [-0.3, -0.25) is 4.98 Å². The second-order valence-electron chi connectivity index (χ2n) is 12.4. The van der Waals surface area contributed by atoms with Crippen molar-refractivity contribution < 1.29 is 0 Å². The van der Waals surface area contributed by atoms with Crippen molar-refractivity contribution in [3.8, 4) is 11.3 Å². The summed E-state index contributed by atoms with van der Waals surface area (Å²) in [6.07, 6.45) is 3.19. The zero-order valence-electron chi connectivity index (χ0n) is 21.3. The topological polar surface area (TPSA) is 12.9 Å². The lowest BCUT2D eigenvalue weighted by Gasteiger charge is -2.23. The summed E-state index contributed by atoms with van der Waals surface area (Å²) in [6, 6.07) is 20.4. The van der Waals surface area contributed by atoms with Crippen LogP contribution >= 0.6 is 11.3 Å². The van der Waals surface area contributed by atoms with Gasteiger partial charge in [-0.05, 0) is 68.3 Å². The lowest BCUT2D eigenvalue weighted by molar-refractivity contribution is 0.404. The van der Waals surface area contributed by atoms with Crippen molar-refractivity contribution in [2.24, 2.45) is 0 Å². The molecule has 5 aromatic rings. The normalized spacial score (nSPS) is 17.0. The second kappa shape index (κ2) is 6.92. The van der Waals surface area contributed by atoms with Crippen LogP contribution in [-0.4, -0.2) is 4.98 Å². The van der Waals surface area contributed by atoms with E-state index in [0.717, 1.165) is 5.69 Å². The van der Waals surface area contributed by atoms with E-state index in [2.05, 4.69) is 103 Å². The monoisotopic (exact) mass is 463 g/mol. The van der Waals surface area contributed by atoms with Gasteiger partial charge in [-0.25, -0.2) is 0 Å². The van der Waals surface area contributed by atoms with Crippen LogP contribution in [0, 0.1) is 0 Å². The van der Waals surface area contributed by atoms with Gasteiger partial charge < -0.3 is 0 Å². The predicted octanol–water partition coefficient (Wildman–Crippen LogP) is 9.53. The number of fused-ring (bicyclic) bond motifs is 6. The van der Waals surface area contributed by atoms with Gasteiger partial charge in [0.1, 0.15) is 0 Å². The molecule has 2 heteroatoms. The van der Waals surface area contributed by atoms with Crippen LogP contribution in [0.3, 0.4) is 0 Å². The van der Waals surface area contributed by atoms with Crippen molar-refractivity contribution >= 4 is 42.3 Å². The van der Waals surface area contributed by atoms with E-state index in [-0.39, 0.29) is 16.2 Å². The molecule has 0 bridgehead atoms. The fraction of sp³-hybridized carbons (Fsp3) is 0.344. The number of pyridine rings is 1. The molecule has 34 heavy (non-hydrogen) atoms. The van der Waals surface area contributed by atoms with Crippen molar-refractivity contribution in [3.05, 3.63) is 77.5 Å². The highest BCUT2D eigenvalue weighted by atomic mass is 32.1. The number of aromatic nitrogens is 1. The molecule has 0 saturated heterocycles. The molecule has 6 rings (SSSR count). The van der Waals surface area contributed by atoms with E-state index in [1.165, 1.54) is 54.1 Å². The lowest BCUT2D eigenvalue weighted by atomic mass is 9.82. The highest BCUT2D eigenvalue weighted by Gasteiger charge is 2.43. The molecule has 0 N–H and O–H groups in total. The number of benzene rings is 3. The van der Waals surface area contributed by atoms with E-state index in [0.29, 0.717) is 0 Å². The number of nitrogens with zero attached hydrogens (tertiary/aromatic N) is 1. The van der Waals surface area contributed by atoms with Gasteiger partial charge in [0.15, 0.2) is 0 Å².